The van der Waals surface area contributed by atoms with Gasteiger partial charge in [-0.2, -0.15) is 0 Å². The lowest BCUT2D eigenvalue weighted by Crippen LogP contribution is -2.50. The second kappa shape index (κ2) is 5.89. The molecule has 1 aromatic rings. The number of nitrogens with zero attached hydrogens (tertiary/aromatic N) is 2. The first-order chi connectivity index (χ1) is 10.2. The first-order valence-corrected chi connectivity index (χ1v) is 7.71. The van der Waals surface area contributed by atoms with Crippen molar-refractivity contribution < 1.29 is 4.92 Å². The SMILES string of the molecule is Nc1cc(N2CCCCC2C2CCCN2)ccc1[N+](=O)[O-]. The Kier molecular flexibility index (Phi) is 3.96. The van der Waals surface area contributed by atoms with Crippen molar-refractivity contribution in [1.29, 1.82) is 0 Å². The number of nitrogen functional groups attached to an aromatic ring is 1. The Morgan fingerprint density at radius 2 is 2.14 bits per heavy atom. The van der Waals surface area contributed by atoms with Gasteiger partial charge >= 0.3 is 0 Å². The molecule has 6 nitrogen and oxygen atoms in total. The molecule has 2 heterocycles. The van der Waals surface area contributed by atoms with Gasteiger partial charge in [0.1, 0.15) is 5.69 Å². The van der Waals surface area contributed by atoms with Gasteiger partial charge in [-0.25, -0.2) is 0 Å². The molecule has 2 saturated heterocycles. The number of rotatable bonds is 3. The number of nitro groups is 1. The van der Waals surface area contributed by atoms with Crippen LogP contribution in [0.25, 0.3) is 0 Å². The molecule has 0 radical (unpaired) electrons. The van der Waals surface area contributed by atoms with Crippen LogP contribution in [0.15, 0.2) is 18.2 Å². The van der Waals surface area contributed by atoms with Gasteiger partial charge in [-0.05, 0) is 50.8 Å². The van der Waals surface area contributed by atoms with Crippen molar-refractivity contribution in [3.05, 3.63) is 28.3 Å². The molecule has 6 heteroatoms. The molecule has 2 aliphatic rings. The Bertz CT molecular complexity index is 528. The molecule has 1 aromatic carbocycles. The fourth-order valence-electron chi connectivity index (χ4n) is 3.62. The number of hydrogen-bond donors (Lipinski definition) is 2. The number of nitro benzene ring substituents is 1. The minimum atomic E-state index is -0.425. The van der Waals surface area contributed by atoms with Gasteiger partial charge in [-0.1, -0.05) is 0 Å². The van der Waals surface area contributed by atoms with Crippen LogP contribution in [0.3, 0.4) is 0 Å². The maximum Gasteiger partial charge on any atom is 0.292 e. The van der Waals surface area contributed by atoms with Crippen molar-refractivity contribution in [3.63, 3.8) is 0 Å². The maximum absolute atomic E-state index is 10.9. The molecule has 2 aliphatic heterocycles. The zero-order valence-electron chi connectivity index (χ0n) is 12.1. The second-order valence-corrected chi connectivity index (χ2v) is 5.96. The highest BCUT2D eigenvalue weighted by atomic mass is 16.6. The summed E-state index contributed by atoms with van der Waals surface area (Å²) < 4.78 is 0. The summed E-state index contributed by atoms with van der Waals surface area (Å²) in [6, 6.07) is 6.12. The normalized spacial score (nSPS) is 26.0. The molecule has 0 saturated carbocycles. The zero-order chi connectivity index (χ0) is 14.8. The van der Waals surface area contributed by atoms with Gasteiger partial charge in [0.05, 0.1) is 4.92 Å². The molecule has 0 amide bonds. The lowest BCUT2D eigenvalue weighted by atomic mass is 9.94. The van der Waals surface area contributed by atoms with Crippen LogP contribution in [0.5, 0.6) is 0 Å². The lowest BCUT2D eigenvalue weighted by molar-refractivity contribution is -0.383. The zero-order valence-corrected chi connectivity index (χ0v) is 12.1. The molecule has 2 unspecified atom stereocenters. The van der Waals surface area contributed by atoms with E-state index in [1.165, 1.54) is 38.2 Å². The highest BCUT2D eigenvalue weighted by Crippen LogP contribution is 2.33. The molecule has 0 spiro atoms. The van der Waals surface area contributed by atoms with E-state index in [4.69, 9.17) is 5.73 Å². The smallest absolute Gasteiger partial charge is 0.292 e. The quantitative estimate of drug-likeness (QED) is 0.507. The topological polar surface area (TPSA) is 84.4 Å². The van der Waals surface area contributed by atoms with E-state index in [2.05, 4.69) is 10.2 Å². The van der Waals surface area contributed by atoms with Crippen molar-refractivity contribution in [2.45, 2.75) is 44.2 Å². The molecular weight excluding hydrogens is 268 g/mol. The maximum atomic E-state index is 10.9. The van der Waals surface area contributed by atoms with Crippen molar-refractivity contribution in [2.24, 2.45) is 0 Å². The third-order valence-corrected chi connectivity index (χ3v) is 4.65. The van der Waals surface area contributed by atoms with Crippen LogP contribution in [-0.4, -0.2) is 30.1 Å². The van der Waals surface area contributed by atoms with E-state index in [1.807, 2.05) is 6.07 Å². The van der Waals surface area contributed by atoms with Gasteiger partial charge in [-0.3, -0.25) is 10.1 Å². The van der Waals surface area contributed by atoms with Crippen LogP contribution in [0, 0.1) is 10.1 Å². The van der Waals surface area contributed by atoms with Gasteiger partial charge < -0.3 is 16.0 Å². The van der Waals surface area contributed by atoms with E-state index in [1.54, 1.807) is 6.07 Å². The summed E-state index contributed by atoms with van der Waals surface area (Å²) in [5, 5.41) is 14.5. The highest BCUT2D eigenvalue weighted by Gasteiger charge is 2.32. The molecule has 2 fully saturated rings. The van der Waals surface area contributed by atoms with E-state index in [0.29, 0.717) is 12.1 Å². The molecule has 3 rings (SSSR count). The number of nitrogens with one attached hydrogen (secondary N) is 1. The minimum absolute atomic E-state index is 0.00805. The van der Waals surface area contributed by atoms with E-state index in [0.717, 1.165) is 18.8 Å². The average Bonchev–Trinajstić information content (AvgIpc) is 3.01. The van der Waals surface area contributed by atoms with Gasteiger partial charge in [0.2, 0.25) is 0 Å². The Balaban J connectivity index is 1.85. The number of anilines is 2. The summed E-state index contributed by atoms with van der Waals surface area (Å²) in [6.45, 7) is 2.09. The van der Waals surface area contributed by atoms with Gasteiger partial charge in [0, 0.05) is 30.4 Å². The summed E-state index contributed by atoms with van der Waals surface area (Å²) >= 11 is 0. The van der Waals surface area contributed by atoms with Crippen molar-refractivity contribution in [2.75, 3.05) is 23.7 Å². The van der Waals surface area contributed by atoms with E-state index >= 15 is 0 Å². The van der Waals surface area contributed by atoms with Crippen LogP contribution >= 0.6 is 0 Å². The fraction of sp³-hybridized carbons (Fsp3) is 0.600. The Morgan fingerprint density at radius 3 is 2.81 bits per heavy atom. The van der Waals surface area contributed by atoms with Crippen LogP contribution in [0.4, 0.5) is 17.1 Å². The molecule has 21 heavy (non-hydrogen) atoms. The Labute approximate surface area is 124 Å². The summed E-state index contributed by atoms with van der Waals surface area (Å²) in [5.74, 6) is 0. The number of nitrogens with two attached hydrogens (primary N) is 1. The number of piperidine rings is 1. The Hall–Kier alpha value is -1.82. The number of hydrogen-bond acceptors (Lipinski definition) is 5. The second-order valence-electron chi connectivity index (χ2n) is 5.96. The van der Waals surface area contributed by atoms with Crippen LogP contribution in [0.1, 0.15) is 32.1 Å². The molecule has 0 aromatic heterocycles. The van der Waals surface area contributed by atoms with Gasteiger partial charge in [0.15, 0.2) is 0 Å². The first kappa shape index (κ1) is 14.1. The van der Waals surface area contributed by atoms with E-state index in [9.17, 15) is 10.1 Å². The summed E-state index contributed by atoms with van der Waals surface area (Å²) in [6.07, 6.45) is 6.04. The minimum Gasteiger partial charge on any atom is -0.393 e. The standard InChI is InChI=1S/C15H22N4O2/c16-12-10-11(6-7-14(12)19(20)21)18-9-2-1-5-15(18)13-4-3-8-17-13/h6-7,10,13,15,17H,1-5,8-9,16H2. The number of benzene rings is 1. The summed E-state index contributed by atoms with van der Waals surface area (Å²) in [4.78, 5) is 12.8. The van der Waals surface area contributed by atoms with Crippen LogP contribution in [0.2, 0.25) is 0 Å². The van der Waals surface area contributed by atoms with Gasteiger partial charge in [-0.15, -0.1) is 0 Å². The third-order valence-electron chi connectivity index (χ3n) is 4.65. The van der Waals surface area contributed by atoms with Crippen LogP contribution < -0.4 is 16.0 Å². The molecule has 0 aliphatic carbocycles. The van der Waals surface area contributed by atoms with Crippen molar-refractivity contribution in [1.82, 2.24) is 5.32 Å². The predicted molar refractivity (Wildman–Crippen MR) is 83.5 cm³/mol. The lowest BCUT2D eigenvalue weighted by Gasteiger charge is -2.41. The van der Waals surface area contributed by atoms with Crippen molar-refractivity contribution >= 4 is 17.1 Å². The van der Waals surface area contributed by atoms with Crippen LogP contribution in [-0.2, 0) is 0 Å². The summed E-state index contributed by atoms with van der Waals surface area (Å²) in [7, 11) is 0. The molecular formula is C15H22N4O2. The molecule has 114 valence electrons. The van der Waals surface area contributed by atoms with Crippen molar-refractivity contribution in [3.8, 4) is 0 Å². The fourth-order valence-corrected chi connectivity index (χ4v) is 3.62. The average molecular weight is 290 g/mol. The largest absolute Gasteiger partial charge is 0.393 e. The molecule has 3 N–H and O–H groups in total. The molecule has 2 atom stereocenters. The monoisotopic (exact) mass is 290 g/mol. The highest BCUT2D eigenvalue weighted by molar-refractivity contribution is 5.67. The predicted octanol–water partition coefficient (Wildman–Crippen LogP) is 2.29. The third kappa shape index (κ3) is 2.81. The van der Waals surface area contributed by atoms with E-state index in [-0.39, 0.29) is 11.4 Å². The van der Waals surface area contributed by atoms with E-state index < -0.39 is 4.92 Å². The van der Waals surface area contributed by atoms with Gasteiger partial charge in [0.25, 0.3) is 5.69 Å². The Morgan fingerprint density at radius 1 is 1.29 bits per heavy atom. The first-order valence-electron chi connectivity index (χ1n) is 7.71. The molecule has 0 bridgehead atoms. The summed E-state index contributed by atoms with van der Waals surface area (Å²) in [5.41, 5.74) is 7.10.